The number of carbonyl (C=O) groups excluding carboxylic acids is 1. The van der Waals surface area contributed by atoms with Crippen LogP contribution in [0.3, 0.4) is 0 Å². The highest BCUT2D eigenvalue weighted by Gasteiger charge is 2.14. The van der Waals surface area contributed by atoms with Gasteiger partial charge in [-0.05, 0) is 73.7 Å². The number of anilines is 1. The Kier molecular flexibility index (Phi) is 5.48. The second kappa shape index (κ2) is 8.60. The summed E-state index contributed by atoms with van der Waals surface area (Å²) in [6, 6.07) is 20.9. The molecule has 164 valence electrons. The van der Waals surface area contributed by atoms with Gasteiger partial charge in [0.1, 0.15) is 22.7 Å². The number of hydrogen-bond acceptors (Lipinski definition) is 5. The van der Waals surface area contributed by atoms with Crippen LogP contribution >= 0.6 is 15.9 Å². The van der Waals surface area contributed by atoms with Gasteiger partial charge in [-0.1, -0.05) is 15.9 Å². The van der Waals surface area contributed by atoms with E-state index in [1.54, 1.807) is 30.3 Å². The van der Waals surface area contributed by atoms with Gasteiger partial charge in [0.05, 0.1) is 12.0 Å². The van der Waals surface area contributed by atoms with Crippen molar-refractivity contribution in [3.05, 3.63) is 93.3 Å². The third-order valence-corrected chi connectivity index (χ3v) is 5.63. The summed E-state index contributed by atoms with van der Waals surface area (Å²) in [5, 5.41) is 3.97. The molecule has 0 fully saturated rings. The minimum absolute atomic E-state index is 0.182. The highest BCUT2D eigenvalue weighted by Crippen LogP contribution is 2.27. The number of fused-ring (bicyclic) bond motifs is 2. The van der Waals surface area contributed by atoms with Gasteiger partial charge in [0.25, 0.3) is 5.91 Å². The second-order valence-corrected chi connectivity index (χ2v) is 8.31. The zero-order valence-electron chi connectivity index (χ0n) is 17.6. The summed E-state index contributed by atoms with van der Waals surface area (Å²) in [7, 11) is 0. The number of halogens is 1. The molecule has 2 heterocycles. The van der Waals surface area contributed by atoms with Crippen LogP contribution in [-0.2, 0) is 0 Å². The SMILES string of the molecule is CCOc1ccc(-c2cc(=O)c3cc(NC(=O)c4cc5cc(Br)ccc5o4)ccc3o2)cc1. The van der Waals surface area contributed by atoms with Gasteiger partial charge in [-0.15, -0.1) is 0 Å². The summed E-state index contributed by atoms with van der Waals surface area (Å²) in [6.45, 7) is 2.50. The molecule has 0 atom stereocenters. The van der Waals surface area contributed by atoms with Gasteiger partial charge in [0.15, 0.2) is 11.2 Å². The summed E-state index contributed by atoms with van der Waals surface area (Å²) in [4.78, 5) is 25.5. The predicted molar refractivity (Wildman–Crippen MR) is 131 cm³/mol. The summed E-state index contributed by atoms with van der Waals surface area (Å²) >= 11 is 3.41. The Hall–Kier alpha value is -3.84. The first kappa shape index (κ1) is 21.0. The van der Waals surface area contributed by atoms with Crippen molar-refractivity contribution in [3.63, 3.8) is 0 Å². The highest BCUT2D eigenvalue weighted by atomic mass is 79.9. The Morgan fingerprint density at radius 1 is 0.939 bits per heavy atom. The number of amides is 1. The fraction of sp³-hybridized carbons (Fsp3) is 0.0769. The lowest BCUT2D eigenvalue weighted by atomic mass is 10.1. The molecular formula is C26H18BrNO5. The minimum atomic E-state index is -0.405. The van der Waals surface area contributed by atoms with Crippen LogP contribution in [0.25, 0.3) is 33.3 Å². The molecule has 0 aliphatic carbocycles. The summed E-state index contributed by atoms with van der Waals surface area (Å²) in [5.41, 5.74) is 2.08. The van der Waals surface area contributed by atoms with E-state index in [1.807, 2.05) is 43.3 Å². The van der Waals surface area contributed by atoms with Crippen LogP contribution < -0.4 is 15.5 Å². The number of hydrogen-bond donors (Lipinski definition) is 1. The van der Waals surface area contributed by atoms with E-state index < -0.39 is 5.91 Å². The second-order valence-electron chi connectivity index (χ2n) is 7.39. The maximum absolute atomic E-state index is 12.8. The summed E-state index contributed by atoms with van der Waals surface area (Å²) < 4.78 is 17.9. The van der Waals surface area contributed by atoms with Gasteiger partial charge in [-0.2, -0.15) is 0 Å². The fourth-order valence-electron chi connectivity index (χ4n) is 3.58. The first-order valence-electron chi connectivity index (χ1n) is 10.3. The molecule has 0 aliphatic heterocycles. The van der Waals surface area contributed by atoms with E-state index in [4.69, 9.17) is 13.6 Å². The topological polar surface area (TPSA) is 81.7 Å². The molecule has 1 N–H and O–H groups in total. The largest absolute Gasteiger partial charge is 0.494 e. The van der Waals surface area contributed by atoms with Crippen molar-refractivity contribution >= 4 is 49.5 Å². The monoisotopic (exact) mass is 503 g/mol. The van der Waals surface area contributed by atoms with Gasteiger partial charge in [-0.25, -0.2) is 0 Å². The minimum Gasteiger partial charge on any atom is -0.494 e. The van der Waals surface area contributed by atoms with Gasteiger partial charge in [0.2, 0.25) is 0 Å². The average Bonchev–Trinajstić information content (AvgIpc) is 3.23. The number of nitrogens with one attached hydrogen (secondary N) is 1. The Bertz CT molecular complexity index is 1550. The first-order valence-corrected chi connectivity index (χ1v) is 11.1. The normalized spacial score (nSPS) is 11.1. The molecule has 5 aromatic rings. The molecule has 1 amide bonds. The molecule has 0 aliphatic rings. The van der Waals surface area contributed by atoms with E-state index in [0.717, 1.165) is 21.2 Å². The van der Waals surface area contributed by atoms with Crippen LogP contribution in [0, 0.1) is 0 Å². The molecule has 3 aromatic carbocycles. The Balaban J connectivity index is 1.42. The van der Waals surface area contributed by atoms with E-state index in [-0.39, 0.29) is 11.2 Å². The first-order chi connectivity index (χ1) is 16.0. The Morgan fingerprint density at radius 3 is 2.52 bits per heavy atom. The van der Waals surface area contributed by atoms with E-state index in [1.165, 1.54) is 6.07 Å². The van der Waals surface area contributed by atoms with Gasteiger partial charge in [-0.3, -0.25) is 9.59 Å². The van der Waals surface area contributed by atoms with Crippen molar-refractivity contribution in [3.8, 4) is 17.1 Å². The van der Waals surface area contributed by atoms with Crippen LogP contribution in [0.15, 0.2) is 90.9 Å². The van der Waals surface area contributed by atoms with Crippen molar-refractivity contribution in [1.29, 1.82) is 0 Å². The van der Waals surface area contributed by atoms with Crippen molar-refractivity contribution in [2.24, 2.45) is 0 Å². The maximum Gasteiger partial charge on any atom is 0.291 e. The highest BCUT2D eigenvalue weighted by molar-refractivity contribution is 9.10. The lowest BCUT2D eigenvalue weighted by Gasteiger charge is -2.07. The van der Waals surface area contributed by atoms with E-state index >= 15 is 0 Å². The van der Waals surface area contributed by atoms with Crippen molar-refractivity contribution < 1.29 is 18.4 Å². The van der Waals surface area contributed by atoms with Crippen molar-refractivity contribution in [2.75, 3.05) is 11.9 Å². The number of carbonyl (C=O) groups is 1. The third kappa shape index (κ3) is 4.27. The molecular weight excluding hydrogens is 486 g/mol. The molecule has 0 unspecified atom stereocenters. The number of furan rings is 1. The van der Waals surface area contributed by atoms with E-state index in [9.17, 15) is 9.59 Å². The quantitative estimate of drug-likeness (QED) is 0.291. The zero-order chi connectivity index (χ0) is 22.9. The van der Waals surface area contributed by atoms with Crippen LogP contribution in [0.5, 0.6) is 5.75 Å². The van der Waals surface area contributed by atoms with Crippen LogP contribution in [0.2, 0.25) is 0 Å². The van der Waals surface area contributed by atoms with Gasteiger partial charge >= 0.3 is 0 Å². The maximum atomic E-state index is 12.8. The standard InChI is InChI=1S/C26H18BrNO5/c1-2-31-19-7-3-15(4-8-19)24-14-21(29)20-13-18(6-10-23(20)33-24)28-26(30)25-12-16-11-17(27)5-9-22(16)32-25/h3-14H,2H2,1H3,(H,28,30). The van der Waals surface area contributed by atoms with E-state index in [0.29, 0.717) is 34.6 Å². The van der Waals surface area contributed by atoms with Crippen molar-refractivity contribution in [1.82, 2.24) is 0 Å². The molecule has 7 heteroatoms. The van der Waals surface area contributed by atoms with Gasteiger partial charge < -0.3 is 18.9 Å². The molecule has 6 nitrogen and oxygen atoms in total. The number of rotatable bonds is 5. The summed E-state index contributed by atoms with van der Waals surface area (Å²) in [6.07, 6.45) is 0. The molecule has 0 saturated carbocycles. The van der Waals surface area contributed by atoms with Crippen LogP contribution in [0.1, 0.15) is 17.5 Å². The molecule has 2 aromatic heterocycles. The molecule has 33 heavy (non-hydrogen) atoms. The molecule has 0 bridgehead atoms. The number of ether oxygens (including phenoxy) is 1. The Labute approximate surface area is 196 Å². The third-order valence-electron chi connectivity index (χ3n) is 5.14. The smallest absolute Gasteiger partial charge is 0.291 e. The Morgan fingerprint density at radius 2 is 1.73 bits per heavy atom. The van der Waals surface area contributed by atoms with Crippen molar-refractivity contribution in [2.45, 2.75) is 6.92 Å². The van der Waals surface area contributed by atoms with Crippen LogP contribution in [-0.4, -0.2) is 12.5 Å². The average molecular weight is 504 g/mol. The molecule has 0 spiro atoms. The lowest BCUT2D eigenvalue weighted by Crippen LogP contribution is -2.11. The zero-order valence-corrected chi connectivity index (χ0v) is 19.1. The summed E-state index contributed by atoms with van der Waals surface area (Å²) in [5.74, 6) is 0.987. The predicted octanol–water partition coefficient (Wildman–Crippen LogP) is 6.62. The van der Waals surface area contributed by atoms with Gasteiger partial charge in [0, 0.05) is 27.2 Å². The molecule has 0 radical (unpaired) electrons. The van der Waals surface area contributed by atoms with E-state index in [2.05, 4.69) is 21.2 Å². The molecule has 0 saturated heterocycles. The fourth-order valence-corrected chi connectivity index (χ4v) is 3.96. The lowest BCUT2D eigenvalue weighted by molar-refractivity contribution is 0.0998. The number of benzene rings is 3. The van der Waals surface area contributed by atoms with Crippen LogP contribution in [0.4, 0.5) is 5.69 Å². The molecule has 5 rings (SSSR count).